The lowest BCUT2D eigenvalue weighted by Gasteiger charge is -2.36. The Morgan fingerprint density at radius 3 is 2.43 bits per heavy atom. The number of anilines is 1. The second kappa shape index (κ2) is 9.88. The fourth-order valence-corrected chi connectivity index (χ4v) is 3.33. The Hall–Kier alpha value is -2.89. The van der Waals surface area contributed by atoms with Gasteiger partial charge in [0.2, 0.25) is 0 Å². The first-order chi connectivity index (χ1) is 13.7. The number of methoxy groups -OCH3 is 1. The molecule has 0 aliphatic carbocycles. The van der Waals surface area contributed by atoms with Gasteiger partial charge in [-0.1, -0.05) is 25.1 Å². The molecule has 28 heavy (non-hydrogen) atoms. The minimum absolute atomic E-state index is 0.0262. The van der Waals surface area contributed by atoms with Gasteiger partial charge in [-0.2, -0.15) is 0 Å². The summed E-state index contributed by atoms with van der Waals surface area (Å²) < 4.78 is 11.0. The molecule has 1 N–H and O–H groups in total. The first-order valence-electron chi connectivity index (χ1n) is 9.83. The van der Waals surface area contributed by atoms with Crippen LogP contribution in [0.5, 0.6) is 11.5 Å². The molecule has 0 radical (unpaired) electrons. The Kier molecular flexibility index (Phi) is 7.00. The highest BCUT2D eigenvalue weighted by molar-refractivity contribution is 5.74. The van der Waals surface area contributed by atoms with Crippen molar-refractivity contribution in [1.29, 1.82) is 0 Å². The van der Waals surface area contributed by atoms with Gasteiger partial charge in [-0.05, 0) is 42.3 Å². The van der Waals surface area contributed by atoms with Crippen LogP contribution in [0.1, 0.15) is 12.5 Å². The van der Waals surface area contributed by atoms with E-state index in [1.54, 1.807) is 7.11 Å². The standard InChI is InChI=1S/C22H29N3O3/c1-3-18-6-4-5-7-21(18)28-17-12-23-22(26)25-15-13-24(14-16-25)19-8-10-20(27-2)11-9-19/h4-11H,3,12-17H2,1-2H3,(H,23,26). The predicted molar refractivity (Wildman–Crippen MR) is 111 cm³/mol. The lowest BCUT2D eigenvalue weighted by atomic mass is 10.1. The first kappa shape index (κ1) is 19.9. The topological polar surface area (TPSA) is 54.0 Å². The number of hydrogen-bond acceptors (Lipinski definition) is 4. The Morgan fingerprint density at radius 2 is 1.75 bits per heavy atom. The van der Waals surface area contributed by atoms with Crippen molar-refractivity contribution < 1.29 is 14.3 Å². The van der Waals surface area contributed by atoms with E-state index >= 15 is 0 Å². The largest absolute Gasteiger partial charge is 0.497 e. The summed E-state index contributed by atoms with van der Waals surface area (Å²) in [6, 6.07) is 16.0. The van der Waals surface area contributed by atoms with Crippen LogP contribution in [0.4, 0.5) is 10.5 Å². The lowest BCUT2D eigenvalue weighted by Crippen LogP contribution is -2.52. The second-order valence-electron chi connectivity index (χ2n) is 6.71. The van der Waals surface area contributed by atoms with Crippen molar-refractivity contribution in [2.24, 2.45) is 0 Å². The summed E-state index contributed by atoms with van der Waals surface area (Å²) in [7, 11) is 1.67. The smallest absolute Gasteiger partial charge is 0.317 e. The van der Waals surface area contributed by atoms with Gasteiger partial charge in [-0.3, -0.25) is 0 Å². The third-order valence-electron chi connectivity index (χ3n) is 4.99. The van der Waals surface area contributed by atoms with Gasteiger partial charge in [0.15, 0.2) is 0 Å². The summed E-state index contributed by atoms with van der Waals surface area (Å²) in [4.78, 5) is 16.5. The molecule has 1 saturated heterocycles. The fraction of sp³-hybridized carbons (Fsp3) is 0.409. The van der Waals surface area contributed by atoms with E-state index in [4.69, 9.17) is 9.47 Å². The van der Waals surface area contributed by atoms with Crippen LogP contribution >= 0.6 is 0 Å². The summed E-state index contributed by atoms with van der Waals surface area (Å²) in [5, 5.41) is 2.96. The average Bonchev–Trinajstić information content (AvgIpc) is 2.77. The fourth-order valence-electron chi connectivity index (χ4n) is 3.33. The minimum Gasteiger partial charge on any atom is -0.497 e. The van der Waals surface area contributed by atoms with Crippen molar-refractivity contribution in [3.05, 3.63) is 54.1 Å². The number of ether oxygens (including phenoxy) is 2. The van der Waals surface area contributed by atoms with Crippen molar-refractivity contribution in [2.75, 3.05) is 51.3 Å². The third kappa shape index (κ3) is 5.09. The summed E-state index contributed by atoms with van der Waals surface area (Å²) >= 11 is 0. The second-order valence-corrected chi connectivity index (χ2v) is 6.71. The summed E-state index contributed by atoms with van der Waals surface area (Å²) in [5.74, 6) is 1.75. The van der Waals surface area contributed by atoms with Gasteiger partial charge in [0.1, 0.15) is 18.1 Å². The molecule has 0 saturated carbocycles. The highest BCUT2D eigenvalue weighted by Gasteiger charge is 2.21. The van der Waals surface area contributed by atoms with Crippen molar-refractivity contribution in [1.82, 2.24) is 10.2 Å². The number of urea groups is 1. The van der Waals surface area contributed by atoms with Crippen LogP contribution in [-0.4, -0.2) is 57.4 Å². The molecule has 1 heterocycles. The number of carbonyl (C=O) groups is 1. The van der Waals surface area contributed by atoms with E-state index in [1.165, 1.54) is 5.56 Å². The number of amides is 2. The molecule has 1 aliphatic heterocycles. The van der Waals surface area contributed by atoms with E-state index in [0.717, 1.165) is 36.7 Å². The van der Waals surface area contributed by atoms with Crippen LogP contribution in [0, 0.1) is 0 Å². The van der Waals surface area contributed by atoms with Crippen LogP contribution in [0.2, 0.25) is 0 Å². The Labute approximate surface area is 167 Å². The van der Waals surface area contributed by atoms with E-state index in [1.807, 2.05) is 35.2 Å². The van der Waals surface area contributed by atoms with E-state index in [0.29, 0.717) is 26.2 Å². The molecule has 0 aromatic heterocycles. The molecule has 1 aliphatic rings. The molecule has 0 spiro atoms. The zero-order valence-corrected chi connectivity index (χ0v) is 16.7. The number of nitrogens with zero attached hydrogens (tertiary/aromatic N) is 2. The van der Waals surface area contributed by atoms with Gasteiger partial charge in [0.25, 0.3) is 0 Å². The molecule has 6 heteroatoms. The SMILES string of the molecule is CCc1ccccc1OCCNC(=O)N1CCN(c2ccc(OC)cc2)CC1. The summed E-state index contributed by atoms with van der Waals surface area (Å²) in [6.45, 7) is 6.12. The molecule has 6 nitrogen and oxygen atoms in total. The van der Waals surface area contributed by atoms with Gasteiger partial charge < -0.3 is 24.6 Å². The van der Waals surface area contributed by atoms with E-state index < -0.39 is 0 Å². The molecule has 0 unspecified atom stereocenters. The normalized spacial score (nSPS) is 13.9. The summed E-state index contributed by atoms with van der Waals surface area (Å²) in [6.07, 6.45) is 0.932. The molecular weight excluding hydrogens is 354 g/mol. The number of rotatable bonds is 7. The van der Waals surface area contributed by atoms with Crippen molar-refractivity contribution >= 4 is 11.7 Å². The maximum Gasteiger partial charge on any atom is 0.317 e. The average molecular weight is 383 g/mol. The van der Waals surface area contributed by atoms with Crippen LogP contribution in [0.15, 0.2) is 48.5 Å². The van der Waals surface area contributed by atoms with Gasteiger partial charge >= 0.3 is 6.03 Å². The van der Waals surface area contributed by atoms with Gasteiger partial charge in [-0.25, -0.2) is 4.79 Å². The van der Waals surface area contributed by atoms with Crippen LogP contribution in [0.25, 0.3) is 0 Å². The van der Waals surface area contributed by atoms with Gasteiger partial charge in [0.05, 0.1) is 13.7 Å². The Bertz CT molecular complexity index is 756. The maximum absolute atomic E-state index is 12.4. The number of nitrogens with one attached hydrogen (secondary N) is 1. The monoisotopic (exact) mass is 383 g/mol. The number of piperazine rings is 1. The number of carbonyl (C=O) groups excluding carboxylic acids is 1. The molecule has 1 fully saturated rings. The highest BCUT2D eigenvalue weighted by Crippen LogP contribution is 2.20. The number of aryl methyl sites for hydroxylation is 1. The van der Waals surface area contributed by atoms with Crippen molar-refractivity contribution in [2.45, 2.75) is 13.3 Å². The van der Waals surface area contributed by atoms with Gasteiger partial charge in [0, 0.05) is 31.9 Å². The molecular formula is C22H29N3O3. The predicted octanol–water partition coefficient (Wildman–Crippen LogP) is 3.17. The molecule has 2 amide bonds. The van der Waals surface area contributed by atoms with E-state index in [-0.39, 0.29) is 6.03 Å². The summed E-state index contributed by atoms with van der Waals surface area (Å²) in [5.41, 5.74) is 2.34. The number of hydrogen-bond donors (Lipinski definition) is 1. The molecule has 0 atom stereocenters. The molecule has 3 rings (SSSR count). The van der Waals surface area contributed by atoms with Crippen LogP contribution < -0.4 is 19.7 Å². The maximum atomic E-state index is 12.4. The van der Waals surface area contributed by atoms with Crippen molar-refractivity contribution in [3.8, 4) is 11.5 Å². The molecule has 2 aromatic rings. The van der Waals surface area contributed by atoms with E-state index in [2.05, 4.69) is 35.3 Å². The zero-order chi connectivity index (χ0) is 19.8. The zero-order valence-electron chi connectivity index (χ0n) is 16.7. The van der Waals surface area contributed by atoms with Crippen molar-refractivity contribution in [3.63, 3.8) is 0 Å². The van der Waals surface area contributed by atoms with E-state index in [9.17, 15) is 4.79 Å². The molecule has 150 valence electrons. The molecule has 2 aromatic carbocycles. The minimum atomic E-state index is -0.0262. The van der Waals surface area contributed by atoms with Crippen LogP contribution in [0.3, 0.4) is 0 Å². The van der Waals surface area contributed by atoms with Crippen LogP contribution in [-0.2, 0) is 6.42 Å². The number of benzene rings is 2. The molecule has 0 bridgehead atoms. The number of para-hydroxylation sites is 1. The lowest BCUT2D eigenvalue weighted by molar-refractivity contribution is 0.191. The quantitative estimate of drug-likeness (QED) is 0.746. The highest BCUT2D eigenvalue weighted by atomic mass is 16.5. The first-order valence-corrected chi connectivity index (χ1v) is 9.83. The Morgan fingerprint density at radius 1 is 1.04 bits per heavy atom. The Balaban J connectivity index is 1.39. The third-order valence-corrected chi connectivity index (χ3v) is 4.99. The van der Waals surface area contributed by atoms with Gasteiger partial charge in [-0.15, -0.1) is 0 Å².